The summed E-state index contributed by atoms with van der Waals surface area (Å²) in [5, 5.41) is 9.98. The molecule has 0 atom stereocenters. The Balaban J connectivity index is 1.81. The Labute approximate surface area is 143 Å². The lowest BCUT2D eigenvalue weighted by atomic mass is 10.1. The van der Waals surface area contributed by atoms with E-state index < -0.39 is 11.6 Å². The Morgan fingerprint density at radius 3 is 2.76 bits per heavy atom. The molecule has 2 N–H and O–H groups in total. The minimum Gasteiger partial charge on any atom is -0.357 e. The first-order chi connectivity index (χ1) is 11.9. The number of benzene rings is 1. The molecular formula is C17H16F2N6. The van der Waals surface area contributed by atoms with E-state index in [1.807, 2.05) is 0 Å². The van der Waals surface area contributed by atoms with Crippen LogP contribution in [0.15, 0.2) is 36.8 Å². The van der Waals surface area contributed by atoms with Crippen LogP contribution in [0, 0.1) is 31.5 Å². The van der Waals surface area contributed by atoms with Crippen LogP contribution in [0.3, 0.4) is 0 Å². The molecular weight excluding hydrogens is 326 g/mol. The molecule has 2 aromatic heterocycles. The monoisotopic (exact) mass is 342 g/mol. The topological polar surface area (TPSA) is 67.7 Å². The molecule has 2 radical (unpaired) electrons. The maximum Gasteiger partial charge on any atom is 0.229 e. The molecule has 8 heteroatoms. The van der Waals surface area contributed by atoms with E-state index in [0.29, 0.717) is 11.8 Å². The molecule has 0 bridgehead atoms. The van der Waals surface area contributed by atoms with Gasteiger partial charge in [0, 0.05) is 30.6 Å². The number of hydrogen-bond donors (Lipinski definition) is 2. The van der Waals surface area contributed by atoms with Gasteiger partial charge < -0.3 is 10.6 Å². The maximum atomic E-state index is 13.9. The molecule has 2 heterocycles. The summed E-state index contributed by atoms with van der Waals surface area (Å²) in [5.41, 5.74) is 1.50. The van der Waals surface area contributed by atoms with Crippen LogP contribution in [0.1, 0.15) is 11.1 Å². The molecule has 0 aliphatic rings. The molecule has 3 rings (SSSR count). The van der Waals surface area contributed by atoms with Crippen LogP contribution in [0.4, 0.5) is 26.2 Å². The van der Waals surface area contributed by atoms with Gasteiger partial charge in [0.2, 0.25) is 5.95 Å². The van der Waals surface area contributed by atoms with Gasteiger partial charge in [0.1, 0.15) is 17.5 Å². The fraction of sp³-hybridized carbons (Fsp3) is 0.118. The largest absolute Gasteiger partial charge is 0.357 e. The number of anilines is 3. The van der Waals surface area contributed by atoms with Crippen molar-refractivity contribution in [2.75, 3.05) is 10.6 Å². The number of aryl methyl sites for hydroxylation is 2. The molecule has 0 saturated carbocycles. The van der Waals surface area contributed by atoms with Crippen molar-refractivity contribution >= 4 is 17.5 Å². The van der Waals surface area contributed by atoms with E-state index >= 15 is 0 Å². The molecule has 0 amide bonds. The summed E-state index contributed by atoms with van der Waals surface area (Å²) in [6.07, 6.45) is 5.03. The van der Waals surface area contributed by atoms with E-state index in [0.717, 1.165) is 29.4 Å². The smallest absolute Gasteiger partial charge is 0.229 e. The second-order valence-corrected chi connectivity index (χ2v) is 5.48. The molecule has 0 aliphatic heterocycles. The standard InChI is InChI=1S/C17H16F2N6/c1-10-7-20-17(23-13-8-21-25(3)9-13)24-16(10)22-11(2)14-6-12(18)4-5-15(14)19/h4-9H,2H2,1,3H3,(H2,20,22,23,24). The second-order valence-electron chi connectivity index (χ2n) is 5.48. The van der Waals surface area contributed by atoms with E-state index in [4.69, 9.17) is 0 Å². The summed E-state index contributed by atoms with van der Waals surface area (Å²) < 4.78 is 28.9. The van der Waals surface area contributed by atoms with E-state index in [-0.39, 0.29) is 11.6 Å². The molecule has 25 heavy (non-hydrogen) atoms. The fourth-order valence-corrected chi connectivity index (χ4v) is 2.18. The lowest BCUT2D eigenvalue weighted by molar-refractivity contribution is 0.592. The summed E-state index contributed by atoms with van der Waals surface area (Å²) in [5.74, 6) is -0.333. The lowest BCUT2D eigenvalue weighted by Gasteiger charge is -2.16. The third-order valence-corrected chi connectivity index (χ3v) is 3.46. The lowest BCUT2D eigenvalue weighted by Crippen LogP contribution is -2.13. The van der Waals surface area contributed by atoms with Crippen LogP contribution in [-0.2, 0) is 7.05 Å². The highest BCUT2D eigenvalue weighted by Crippen LogP contribution is 2.23. The van der Waals surface area contributed by atoms with Gasteiger partial charge in [0.15, 0.2) is 0 Å². The molecule has 0 spiro atoms. The molecule has 1 aromatic carbocycles. The second kappa shape index (κ2) is 6.84. The Morgan fingerprint density at radius 2 is 2.04 bits per heavy atom. The summed E-state index contributed by atoms with van der Waals surface area (Å²) in [6.45, 7) is 5.57. The first-order valence-electron chi connectivity index (χ1n) is 7.43. The summed E-state index contributed by atoms with van der Waals surface area (Å²) in [6, 6.07) is 3.39. The zero-order chi connectivity index (χ0) is 18.0. The highest BCUT2D eigenvalue weighted by Gasteiger charge is 2.15. The van der Waals surface area contributed by atoms with Crippen LogP contribution in [0.5, 0.6) is 0 Å². The first kappa shape index (κ1) is 16.8. The Kier molecular flexibility index (Phi) is 4.60. The fourth-order valence-electron chi connectivity index (χ4n) is 2.18. The average Bonchev–Trinajstić information content (AvgIpc) is 2.98. The minimum absolute atomic E-state index is 0.0415. The van der Waals surface area contributed by atoms with Gasteiger partial charge in [-0.05, 0) is 32.0 Å². The molecule has 0 unspecified atom stereocenters. The van der Waals surface area contributed by atoms with Crippen LogP contribution in [-0.4, -0.2) is 19.7 Å². The number of aromatic nitrogens is 4. The van der Waals surface area contributed by atoms with Gasteiger partial charge >= 0.3 is 0 Å². The van der Waals surface area contributed by atoms with Gasteiger partial charge in [-0.3, -0.25) is 4.68 Å². The Hall–Kier alpha value is -3.03. The van der Waals surface area contributed by atoms with Crippen molar-refractivity contribution in [1.82, 2.24) is 19.7 Å². The van der Waals surface area contributed by atoms with Gasteiger partial charge in [-0.1, -0.05) is 0 Å². The van der Waals surface area contributed by atoms with E-state index in [1.54, 1.807) is 37.2 Å². The van der Waals surface area contributed by atoms with Crippen molar-refractivity contribution in [1.29, 1.82) is 0 Å². The molecule has 0 saturated heterocycles. The molecule has 6 nitrogen and oxygen atoms in total. The van der Waals surface area contributed by atoms with E-state index in [1.165, 1.54) is 0 Å². The Morgan fingerprint density at radius 1 is 1.24 bits per heavy atom. The van der Waals surface area contributed by atoms with Crippen LogP contribution in [0.25, 0.3) is 0 Å². The van der Waals surface area contributed by atoms with Gasteiger partial charge in [0.25, 0.3) is 0 Å². The molecule has 0 aliphatic carbocycles. The normalized spacial score (nSPS) is 11.0. The number of halogens is 2. The summed E-state index contributed by atoms with van der Waals surface area (Å²) in [4.78, 5) is 8.54. The molecule has 128 valence electrons. The maximum absolute atomic E-state index is 13.9. The van der Waals surface area contributed by atoms with Gasteiger partial charge in [0.05, 0.1) is 17.9 Å². The van der Waals surface area contributed by atoms with Gasteiger partial charge in [-0.25, -0.2) is 13.8 Å². The van der Waals surface area contributed by atoms with Crippen molar-refractivity contribution in [3.63, 3.8) is 0 Å². The SMILES string of the molecule is [CH2][C](Nc1nc(Nc2cnn(C)c2)ncc1C)c1cc(F)ccc1F. The predicted octanol–water partition coefficient (Wildman–Crippen LogP) is 3.37. The predicted molar refractivity (Wildman–Crippen MR) is 90.9 cm³/mol. The average molecular weight is 342 g/mol. The summed E-state index contributed by atoms with van der Waals surface area (Å²) >= 11 is 0. The van der Waals surface area contributed by atoms with Crippen molar-refractivity contribution in [2.45, 2.75) is 6.92 Å². The van der Waals surface area contributed by atoms with E-state index in [2.05, 4.69) is 32.6 Å². The summed E-state index contributed by atoms with van der Waals surface area (Å²) in [7, 11) is 1.80. The number of rotatable bonds is 5. The highest BCUT2D eigenvalue weighted by molar-refractivity contribution is 5.57. The zero-order valence-corrected chi connectivity index (χ0v) is 13.7. The number of nitrogens with zero attached hydrogens (tertiary/aromatic N) is 4. The first-order valence-corrected chi connectivity index (χ1v) is 7.43. The third kappa shape index (κ3) is 3.90. The number of hydrogen-bond acceptors (Lipinski definition) is 5. The number of nitrogens with one attached hydrogen (secondary N) is 2. The molecule has 0 fully saturated rings. The van der Waals surface area contributed by atoms with E-state index in [9.17, 15) is 8.78 Å². The van der Waals surface area contributed by atoms with Crippen molar-refractivity contribution in [2.24, 2.45) is 7.05 Å². The quantitative estimate of drug-likeness (QED) is 0.744. The Bertz CT molecular complexity index is 893. The van der Waals surface area contributed by atoms with Crippen molar-refractivity contribution < 1.29 is 8.78 Å². The third-order valence-electron chi connectivity index (χ3n) is 3.46. The van der Waals surface area contributed by atoms with Crippen molar-refractivity contribution in [3.05, 3.63) is 72.5 Å². The molecule has 3 aromatic rings. The van der Waals surface area contributed by atoms with Crippen LogP contribution in [0.2, 0.25) is 0 Å². The van der Waals surface area contributed by atoms with Gasteiger partial charge in [-0.2, -0.15) is 10.1 Å². The van der Waals surface area contributed by atoms with Crippen LogP contribution < -0.4 is 10.6 Å². The van der Waals surface area contributed by atoms with Crippen molar-refractivity contribution in [3.8, 4) is 0 Å². The minimum atomic E-state index is -0.570. The van der Waals surface area contributed by atoms with Gasteiger partial charge in [-0.15, -0.1) is 0 Å². The van der Waals surface area contributed by atoms with Crippen LogP contribution >= 0.6 is 0 Å². The zero-order valence-electron chi connectivity index (χ0n) is 13.7. The highest BCUT2D eigenvalue weighted by atomic mass is 19.1.